The predicted octanol–water partition coefficient (Wildman–Crippen LogP) is 1.88. The lowest BCUT2D eigenvalue weighted by atomic mass is 10.1. The van der Waals surface area contributed by atoms with E-state index in [-0.39, 0.29) is 11.3 Å². The lowest BCUT2D eigenvalue weighted by Gasteiger charge is -2.16. The van der Waals surface area contributed by atoms with Crippen LogP contribution in [-0.4, -0.2) is 17.3 Å². The normalized spacial score (nSPS) is 13.2. The second-order valence-electron chi connectivity index (χ2n) is 3.34. The number of nitrogens with two attached hydrogens (primary N) is 1. The van der Waals surface area contributed by atoms with Gasteiger partial charge in [-0.25, -0.2) is 0 Å². The summed E-state index contributed by atoms with van der Waals surface area (Å²) in [5.74, 6) is -1.47. The van der Waals surface area contributed by atoms with Crippen molar-refractivity contribution in [2.75, 3.05) is 0 Å². The van der Waals surface area contributed by atoms with Crippen LogP contribution in [0.2, 0.25) is 0 Å². The number of rotatable bonds is 2. The average Bonchev–Trinajstić information content (AvgIpc) is 2.18. The first-order valence-corrected chi connectivity index (χ1v) is 4.55. The first-order valence-electron chi connectivity index (χ1n) is 4.55. The summed E-state index contributed by atoms with van der Waals surface area (Å²) < 4.78 is 41.4. The van der Waals surface area contributed by atoms with Crippen LogP contribution in [0.5, 0.6) is 11.5 Å². The summed E-state index contributed by atoms with van der Waals surface area (Å²) in [6.07, 6.45) is -4.60. The lowest BCUT2D eigenvalue weighted by Crippen LogP contribution is -2.28. The number of carbonyl (C=O) groups is 1. The summed E-state index contributed by atoms with van der Waals surface area (Å²) in [7, 11) is 0. The second kappa shape index (κ2) is 4.62. The van der Waals surface area contributed by atoms with E-state index in [1.807, 2.05) is 0 Å². The number of carbonyl (C=O) groups excluding carboxylic acids is 1. The van der Waals surface area contributed by atoms with Gasteiger partial charge < -0.3 is 15.6 Å². The van der Waals surface area contributed by atoms with Gasteiger partial charge in [0, 0.05) is 6.92 Å². The van der Waals surface area contributed by atoms with Gasteiger partial charge >= 0.3 is 12.1 Å². The maximum atomic E-state index is 12.3. The summed E-state index contributed by atoms with van der Waals surface area (Å²) >= 11 is 0. The molecule has 0 fully saturated rings. The summed E-state index contributed by atoms with van der Waals surface area (Å²) in [6, 6.07) is 0.712. The molecule has 94 valence electrons. The first-order chi connectivity index (χ1) is 7.71. The number of benzene rings is 1. The second-order valence-corrected chi connectivity index (χ2v) is 3.34. The maximum absolute atomic E-state index is 12.3. The molecule has 1 rings (SSSR count). The first kappa shape index (κ1) is 13.3. The Balaban J connectivity index is 3.00. The Morgan fingerprint density at radius 2 is 2.06 bits per heavy atom. The zero-order valence-electron chi connectivity index (χ0n) is 8.78. The van der Waals surface area contributed by atoms with Crippen molar-refractivity contribution >= 4 is 5.97 Å². The Hall–Kier alpha value is -1.76. The van der Waals surface area contributed by atoms with Crippen molar-refractivity contribution in [3.8, 4) is 11.5 Å². The minimum atomic E-state index is -4.60. The van der Waals surface area contributed by atoms with Gasteiger partial charge in [0.25, 0.3) is 0 Å². The molecular formula is C10H10F3NO3. The Bertz CT molecular complexity index is 431. The van der Waals surface area contributed by atoms with Crippen molar-refractivity contribution < 1.29 is 27.8 Å². The summed E-state index contributed by atoms with van der Waals surface area (Å²) in [6.45, 7) is 1.11. The lowest BCUT2D eigenvalue weighted by molar-refractivity contribution is -0.149. The zero-order chi connectivity index (χ0) is 13.2. The van der Waals surface area contributed by atoms with Gasteiger partial charge in [0.1, 0.15) is 6.04 Å². The number of esters is 1. The molecule has 0 radical (unpaired) electrons. The van der Waals surface area contributed by atoms with Crippen LogP contribution in [0.1, 0.15) is 18.5 Å². The van der Waals surface area contributed by atoms with Gasteiger partial charge in [-0.2, -0.15) is 13.2 Å². The molecule has 0 saturated heterocycles. The highest BCUT2D eigenvalue weighted by Crippen LogP contribution is 2.35. The van der Waals surface area contributed by atoms with E-state index in [0.717, 1.165) is 25.1 Å². The highest BCUT2D eigenvalue weighted by Gasteiger charge is 2.38. The predicted molar refractivity (Wildman–Crippen MR) is 52.4 cm³/mol. The van der Waals surface area contributed by atoms with Crippen LogP contribution >= 0.6 is 0 Å². The minimum Gasteiger partial charge on any atom is -0.504 e. The fraction of sp³-hybridized carbons (Fsp3) is 0.300. The van der Waals surface area contributed by atoms with Crippen LogP contribution in [-0.2, 0) is 4.79 Å². The number of halogens is 3. The van der Waals surface area contributed by atoms with E-state index in [1.54, 1.807) is 0 Å². The molecule has 0 bridgehead atoms. The molecule has 4 nitrogen and oxygen atoms in total. The van der Waals surface area contributed by atoms with Gasteiger partial charge in [-0.05, 0) is 17.7 Å². The highest BCUT2D eigenvalue weighted by molar-refractivity contribution is 5.70. The minimum absolute atomic E-state index is 0.212. The Morgan fingerprint density at radius 3 is 2.47 bits per heavy atom. The molecule has 0 spiro atoms. The van der Waals surface area contributed by atoms with E-state index in [9.17, 15) is 23.1 Å². The number of phenols is 1. The number of alkyl halides is 3. The zero-order valence-corrected chi connectivity index (χ0v) is 8.78. The van der Waals surface area contributed by atoms with E-state index in [4.69, 9.17) is 5.73 Å². The fourth-order valence-electron chi connectivity index (χ4n) is 1.16. The number of phenolic OH excluding ortho intramolecular Hbond substituents is 1. The summed E-state index contributed by atoms with van der Waals surface area (Å²) in [5, 5.41) is 9.35. The van der Waals surface area contributed by atoms with E-state index >= 15 is 0 Å². The van der Waals surface area contributed by atoms with Crippen molar-refractivity contribution in [2.45, 2.75) is 19.1 Å². The number of aromatic hydroxyl groups is 1. The number of hydrogen-bond acceptors (Lipinski definition) is 4. The van der Waals surface area contributed by atoms with Crippen molar-refractivity contribution in [3.05, 3.63) is 23.8 Å². The van der Waals surface area contributed by atoms with Crippen LogP contribution < -0.4 is 10.5 Å². The molecule has 0 aromatic heterocycles. The van der Waals surface area contributed by atoms with Crippen LogP contribution in [0.4, 0.5) is 13.2 Å². The molecule has 0 unspecified atom stereocenters. The third-order valence-electron chi connectivity index (χ3n) is 1.95. The molecule has 0 aliphatic rings. The largest absolute Gasteiger partial charge is 0.504 e. The summed E-state index contributed by atoms with van der Waals surface area (Å²) in [4.78, 5) is 10.6. The van der Waals surface area contributed by atoms with Crippen molar-refractivity contribution in [1.82, 2.24) is 0 Å². The molecule has 0 aliphatic heterocycles. The van der Waals surface area contributed by atoms with Crippen molar-refractivity contribution in [2.24, 2.45) is 5.73 Å². The third-order valence-corrected chi connectivity index (χ3v) is 1.95. The molecule has 0 saturated carbocycles. The quantitative estimate of drug-likeness (QED) is 0.620. The van der Waals surface area contributed by atoms with E-state index in [2.05, 4.69) is 4.74 Å². The molecular weight excluding hydrogens is 239 g/mol. The van der Waals surface area contributed by atoms with Gasteiger partial charge in [-0.15, -0.1) is 0 Å². The molecule has 0 aliphatic carbocycles. The van der Waals surface area contributed by atoms with Crippen LogP contribution in [0, 0.1) is 0 Å². The van der Waals surface area contributed by atoms with Crippen LogP contribution in [0.15, 0.2) is 18.2 Å². The van der Waals surface area contributed by atoms with Gasteiger partial charge in [-0.3, -0.25) is 4.79 Å². The standard InChI is InChI=1S/C10H10F3NO3/c1-5(15)17-8-3-2-6(4-7(8)16)9(14)10(11,12)13/h2-4,9,16H,14H2,1H3/t9-/m1/s1. The Labute approximate surface area is 94.8 Å². The van der Waals surface area contributed by atoms with Gasteiger partial charge in [0.05, 0.1) is 0 Å². The van der Waals surface area contributed by atoms with Crippen LogP contribution in [0.25, 0.3) is 0 Å². The topological polar surface area (TPSA) is 72.5 Å². The highest BCUT2D eigenvalue weighted by atomic mass is 19.4. The molecule has 1 aromatic rings. The molecule has 7 heteroatoms. The molecule has 3 N–H and O–H groups in total. The Kier molecular flexibility index (Phi) is 3.62. The number of hydrogen-bond donors (Lipinski definition) is 2. The van der Waals surface area contributed by atoms with Gasteiger partial charge in [-0.1, -0.05) is 6.07 Å². The summed E-state index contributed by atoms with van der Waals surface area (Å²) in [5.41, 5.74) is 4.63. The van der Waals surface area contributed by atoms with Crippen molar-refractivity contribution in [3.63, 3.8) is 0 Å². The van der Waals surface area contributed by atoms with E-state index < -0.39 is 23.9 Å². The monoisotopic (exact) mass is 249 g/mol. The maximum Gasteiger partial charge on any atom is 0.407 e. The van der Waals surface area contributed by atoms with E-state index in [0.29, 0.717) is 0 Å². The SMILES string of the molecule is CC(=O)Oc1ccc([C@@H](N)C(F)(F)F)cc1O. The molecule has 0 amide bonds. The third kappa shape index (κ3) is 3.35. The Morgan fingerprint density at radius 1 is 1.47 bits per heavy atom. The molecule has 1 aromatic carbocycles. The fourth-order valence-corrected chi connectivity index (χ4v) is 1.16. The van der Waals surface area contributed by atoms with Gasteiger partial charge in [0.15, 0.2) is 11.5 Å². The average molecular weight is 249 g/mol. The number of ether oxygens (including phenoxy) is 1. The molecule has 0 heterocycles. The molecule has 1 atom stereocenters. The van der Waals surface area contributed by atoms with E-state index in [1.165, 1.54) is 0 Å². The van der Waals surface area contributed by atoms with Gasteiger partial charge in [0.2, 0.25) is 0 Å². The molecule has 17 heavy (non-hydrogen) atoms. The smallest absolute Gasteiger partial charge is 0.407 e. The van der Waals surface area contributed by atoms with Crippen LogP contribution in [0.3, 0.4) is 0 Å². The van der Waals surface area contributed by atoms with Crippen molar-refractivity contribution in [1.29, 1.82) is 0 Å².